The molecule has 37 heavy (non-hydrogen) atoms. The molecular formula is C27H28Cl2F3N3O2. The molecule has 0 N–H and O–H groups in total. The number of benzene rings is 2. The van der Waals surface area contributed by atoms with E-state index in [0.29, 0.717) is 54.8 Å². The van der Waals surface area contributed by atoms with Crippen LogP contribution >= 0.6 is 23.2 Å². The molecule has 2 aromatic rings. The highest BCUT2D eigenvalue weighted by atomic mass is 35.5. The van der Waals surface area contributed by atoms with Gasteiger partial charge in [0.05, 0.1) is 31.9 Å². The summed E-state index contributed by atoms with van der Waals surface area (Å²) in [5.74, 6) is 6.24. The van der Waals surface area contributed by atoms with Gasteiger partial charge in [-0.3, -0.25) is 14.6 Å². The van der Waals surface area contributed by atoms with Gasteiger partial charge in [0.15, 0.2) is 0 Å². The predicted octanol–water partition coefficient (Wildman–Crippen LogP) is 4.72. The number of alkyl halides is 3. The predicted molar refractivity (Wildman–Crippen MR) is 138 cm³/mol. The summed E-state index contributed by atoms with van der Waals surface area (Å²) in [7, 11) is 0. The van der Waals surface area contributed by atoms with E-state index in [1.807, 2.05) is 0 Å². The van der Waals surface area contributed by atoms with Crippen molar-refractivity contribution in [1.82, 2.24) is 14.7 Å². The van der Waals surface area contributed by atoms with Crippen molar-refractivity contribution in [3.8, 4) is 11.8 Å². The first-order chi connectivity index (χ1) is 17.7. The topological polar surface area (TPSA) is 36.0 Å². The fourth-order valence-electron chi connectivity index (χ4n) is 4.55. The molecule has 2 aromatic carbocycles. The molecule has 2 aliphatic heterocycles. The minimum absolute atomic E-state index is 0.209. The van der Waals surface area contributed by atoms with Gasteiger partial charge in [-0.25, -0.2) is 0 Å². The van der Waals surface area contributed by atoms with Crippen LogP contribution in [-0.2, 0) is 17.3 Å². The fourth-order valence-corrected chi connectivity index (χ4v) is 5.07. The number of rotatable bonds is 5. The van der Waals surface area contributed by atoms with Gasteiger partial charge in [0.2, 0.25) is 0 Å². The van der Waals surface area contributed by atoms with Crippen LogP contribution in [0.5, 0.6) is 0 Å². The van der Waals surface area contributed by atoms with E-state index in [1.165, 1.54) is 12.1 Å². The highest BCUT2D eigenvalue weighted by Gasteiger charge is 2.32. The molecule has 2 heterocycles. The molecule has 0 aliphatic carbocycles. The summed E-state index contributed by atoms with van der Waals surface area (Å²) < 4.78 is 44.4. The average Bonchev–Trinajstić information content (AvgIpc) is 2.86. The van der Waals surface area contributed by atoms with Crippen LogP contribution in [0.4, 0.5) is 13.2 Å². The van der Waals surface area contributed by atoms with E-state index in [4.69, 9.17) is 27.9 Å². The minimum Gasteiger partial charge on any atom is -0.379 e. The largest absolute Gasteiger partial charge is 0.416 e. The maximum atomic E-state index is 13.4. The lowest BCUT2D eigenvalue weighted by Gasteiger charge is -2.41. The standard InChI is InChI=1S/C27H28Cl2F3N3O2/c28-23-16-21(17-24(29)18-23)26(36)35-10-9-34(8-2-1-7-33-11-13-37-14-12-33)19-25(35)15-20-3-5-22(6-4-20)27(30,31)32/h3-6,16-18,25H,7-15,19H2/t25-/m1/s1. The molecule has 0 saturated carbocycles. The lowest BCUT2D eigenvalue weighted by molar-refractivity contribution is -0.137. The summed E-state index contributed by atoms with van der Waals surface area (Å²) in [5.41, 5.74) is 0.410. The van der Waals surface area contributed by atoms with Crippen molar-refractivity contribution >= 4 is 29.1 Å². The first kappa shape index (κ1) is 27.7. The van der Waals surface area contributed by atoms with E-state index < -0.39 is 11.7 Å². The summed E-state index contributed by atoms with van der Waals surface area (Å²) in [6.45, 7) is 6.08. The summed E-state index contributed by atoms with van der Waals surface area (Å²) >= 11 is 12.2. The van der Waals surface area contributed by atoms with Crippen molar-refractivity contribution in [2.75, 3.05) is 59.0 Å². The van der Waals surface area contributed by atoms with Crippen LogP contribution in [0, 0.1) is 11.8 Å². The second-order valence-electron chi connectivity index (χ2n) is 9.19. The number of morpholine rings is 1. The van der Waals surface area contributed by atoms with E-state index in [1.54, 1.807) is 23.1 Å². The van der Waals surface area contributed by atoms with Crippen LogP contribution in [0.25, 0.3) is 0 Å². The van der Waals surface area contributed by atoms with E-state index in [2.05, 4.69) is 21.6 Å². The van der Waals surface area contributed by atoms with Crippen molar-refractivity contribution < 1.29 is 22.7 Å². The number of halogens is 5. The molecular weight excluding hydrogens is 526 g/mol. The van der Waals surface area contributed by atoms with Gasteiger partial charge in [-0.15, -0.1) is 0 Å². The van der Waals surface area contributed by atoms with Gasteiger partial charge in [0.25, 0.3) is 5.91 Å². The van der Waals surface area contributed by atoms with Gasteiger partial charge >= 0.3 is 6.18 Å². The number of amides is 1. The maximum Gasteiger partial charge on any atom is 0.416 e. The zero-order valence-corrected chi connectivity index (χ0v) is 21.7. The zero-order chi connectivity index (χ0) is 26.4. The fraction of sp³-hybridized carbons (Fsp3) is 0.444. The molecule has 1 amide bonds. The molecule has 0 spiro atoms. The number of hydrogen-bond donors (Lipinski definition) is 0. The van der Waals surface area contributed by atoms with Crippen molar-refractivity contribution in [3.63, 3.8) is 0 Å². The SMILES string of the molecule is O=C(c1cc(Cl)cc(Cl)c1)N1CCN(CC#CCN2CCOCC2)C[C@H]1Cc1ccc(C(F)(F)F)cc1. The van der Waals surface area contributed by atoms with Crippen molar-refractivity contribution in [2.24, 2.45) is 0 Å². The normalized spacial score (nSPS) is 19.4. The Bertz CT molecular complexity index is 1120. The van der Waals surface area contributed by atoms with Crippen LogP contribution in [0.2, 0.25) is 10.0 Å². The smallest absolute Gasteiger partial charge is 0.379 e. The third kappa shape index (κ3) is 7.86. The van der Waals surface area contributed by atoms with Gasteiger partial charge in [0, 0.05) is 54.4 Å². The summed E-state index contributed by atoms with van der Waals surface area (Å²) in [5, 5.41) is 0.730. The van der Waals surface area contributed by atoms with Crippen LogP contribution in [0.15, 0.2) is 42.5 Å². The molecule has 0 unspecified atom stereocenters. The first-order valence-electron chi connectivity index (χ1n) is 12.1. The third-order valence-corrected chi connectivity index (χ3v) is 6.96. The van der Waals surface area contributed by atoms with Crippen LogP contribution in [0.3, 0.4) is 0 Å². The Morgan fingerprint density at radius 3 is 2.16 bits per heavy atom. The molecule has 0 aromatic heterocycles. The average molecular weight is 554 g/mol. The number of piperazine rings is 1. The molecule has 2 saturated heterocycles. The van der Waals surface area contributed by atoms with Crippen LogP contribution in [-0.4, -0.2) is 85.7 Å². The molecule has 10 heteroatoms. The summed E-state index contributed by atoms with van der Waals surface area (Å²) in [4.78, 5) is 19.6. The molecule has 0 radical (unpaired) electrons. The Morgan fingerprint density at radius 2 is 1.54 bits per heavy atom. The van der Waals surface area contributed by atoms with Gasteiger partial charge < -0.3 is 9.64 Å². The first-order valence-corrected chi connectivity index (χ1v) is 12.9. The number of nitrogens with zero attached hydrogens (tertiary/aromatic N) is 3. The molecule has 4 rings (SSSR count). The van der Waals surface area contributed by atoms with Crippen LogP contribution < -0.4 is 0 Å². The van der Waals surface area contributed by atoms with Gasteiger partial charge in [0.1, 0.15) is 0 Å². The summed E-state index contributed by atoms with van der Waals surface area (Å²) in [6, 6.07) is 9.57. The van der Waals surface area contributed by atoms with E-state index in [9.17, 15) is 18.0 Å². The van der Waals surface area contributed by atoms with Gasteiger partial charge in [-0.2, -0.15) is 13.2 Å². The van der Waals surface area contributed by atoms with Gasteiger partial charge in [-0.05, 0) is 42.3 Å². The number of carbonyl (C=O) groups is 1. The maximum absolute atomic E-state index is 13.4. The van der Waals surface area contributed by atoms with Crippen molar-refractivity contribution in [3.05, 3.63) is 69.2 Å². The number of hydrogen-bond acceptors (Lipinski definition) is 4. The van der Waals surface area contributed by atoms with Crippen molar-refractivity contribution in [2.45, 2.75) is 18.6 Å². The molecule has 198 valence electrons. The Morgan fingerprint density at radius 1 is 0.919 bits per heavy atom. The Balaban J connectivity index is 1.47. The third-order valence-electron chi connectivity index (χ3n) is 6.52. The second-order valence-corrected chi connectivity index (χ2v) is 10.1. The Labute approximate surface area is 225 Å². The summed E-state index contributed by atoms with van der Waals surface area (Å²) in [6.07, 6.45) is -3.98. The highest BCUT2D eigenvalue weighted by Crippen LogP contribution is 2.30. The van der Waals surface area contributed by atoms with Gasteiger partial charge in [-0.1, -0.05) is 47.2 Å². The molecule has 5 nitrogen and oxygen atoms in total. The second kappa shape index (κ2) is 12.5. The van der Waals surface area contributed by atoms with E-state index in [0.717, 1.165) is 44.0 Å². The minimum atomic E-state index is -4.39. The molecule has 2 fully saturated rings. The molecule has 2 aliphatic rings. The van der Waals surface area contributed by atoms with Crippen LogP contribution in [0.1, 0.15) is 21.5 Å². The quantitative estimate of drug-likeness (QED) is 0.502. The lowest BCUT2D eigenvalue weighted by Crippen LogP contribution is -2.56. The lowest BCUT2D eigenvalue weighted by atomic mass is 9.99. The Hall–Kier alpha value is -2.28. The zero-order valence-electron chi connectivity index (χ0n) is 20.2. The van der Waals surface area contributed by atoms with Crippen molar-refractivity contribution in [1.29, 1.82) is 0 Å². The van der Waals surface area contributed by atoms with E-state index in [-0.39, 0.29) is 11.9 Å². The molecule has 0 bridgehead atoms. The number of ether oxygens (including phenoxy) is 1. The highest BCUT2D eigenvalue weighted by molar-refractivity contribution is 6.35. The number of carbonyl (C=O) groups excluding carboxylic acids is 1. The Kier molecular flexibility index (Phi) is 9.38. The van der Waals surface area contributed by atoms with E-state index >= 15 is 0 Å². The monoisotopic (exact) mass is 553 g/mol. The molecule has 1 atom stereocenters.